The van der Waals surface area contributed by atoms with Crippen LogP contribution in [0.3, 0.4) is 0 Å². The smallest absolute Gasteiger partial charge is 0.272 e. The Morgan fingerprint density at radius 2 is 2.07 bits per heavy atom. The molecule has 1 saturated heterocycles. The lowest BCUT2D eigenvalue weighted by molar-refractivity contribution is 0.0242. The Hall–Kier alpha value is -2.29. The Morgan fingerprint density at radius 3 is 2.79 bits per heavy atom. The predicted molar refractivity (Wildman–Crippen MR) is 104 cm³/mol. The Labute approximate surface area is 165 Å². The minimum atomic E-state index is -0.378. The third-order valence-corrected chi connectivity index (χ3v) is 6.43. The highest BCUT2D eigenvalue weighted by atomic mass is 16.2. The second-order valence-electron chi connectivity index (χ2n) is 8.17. The van der Waals surface area contributed by atoms with Gasteiger partial charge in [-0.05, 0) is 63.2 Å². The van der Waals surface area contributed by atoms with Gasteiger partial charge in [0.05, 0.1) is 6.04 Å². The van der Waals surface area contributed by atoms with Crippen molar-refractivity contribution in [1.82, 2.24) is 39.8 Å². The van der Waals surface area contributed by atoms with Gasteiger partial charge in [0.1, 0.15) is 11.2 Å². The Balaban J connectivity index is 1.66. The topological polar surface area (TPSA) is 85.0 Å². The van der Waals surface area contributed by atoms with E-state index in [0.29, 0.717) is 24.8 Å². The number of rotatable bonds is 5. The molecular weight excluding hydrogens is 356 g/mol. The molecule has 4 rings (SSSR count). The van der Waals surface area contributed by atoms with Crippen LogP contribution in [0, 0.1) is 0 Å². The number of aryl methyl sites for hydroxylation is 1. The number of piperidine rings is 1. The molecule has 1 aliphatic carbocycles. The molecule has 1 atom stereocenters. The van der Waals surface area contributed by atoms with Crippen LogP contribution in [-0.2, 0) is 12.1 Å². The average molecular weight is 387 g/mol. The van der Waals surface area contributed by atoms with E-state index in [0.717, 1.165) is 38.1 Å². The summed E-state index contributed by atoms with van der Waals surface area (Å²) >= 11 is 0. The predicted octanol–water partition coefficient (Wildman–Crippen LogP) is 1.70. The molecule has 0 radical (unpaired) electrons. The highest BCUT2D eigenvalue weighted by Gasteiger charge is 2.46. The third kappa shape index (κ3) is 3.11. The van der Waals surface area contributed by atoms with Gasteiger partial charge >= 0.3 is 0 Å². The highest BCUT2D eigenvalue weighted by molar-refractivity contribution is 5.92. The molecule has 2 aromatic rings. The number of likely N-dealkylation sites (tertiary alicyclic amines) is 1. The molecule has 0 bridgehead atoms. The van der Waals surface area contributed by atoms with Crippen molar-refractivity contribution in [2.75, 3.05) is 27.2 Å². The fraction of sp³-hybridized carbons (Fsp3) is 0.737. The molecule has 1 amide bonds. The van der Waals surface area contributed by atoms with E-state index in [2.05, 4.69) is 39.6 Å². The van der Waals surface area contributed by atoms with E-state index in [1.54, 1.807) is 16.9 Å². The van der Waals surface area contributed by atoms with Crippen LogP contribution in [0.5, 0.6) is 0 Å². The zero-order valence-electron chi connectivity index (χ0n) is 17.1. The number of hydrogen-bond donors (Lipinski definition) is 0. The van der Waals surface area contributed by atoms with E-state index in [4.69, 9.17) is 0 Å². The van der Waals surface area contributed by atoms with Crippen molar-refractivity contribution in [2.45, 2.75) is 63.6 Å². The van der Waals surface area contributed by atoms with Crippen LogP contribution in [0.2, 0.25) is 0 Å². The zero-order valence-corrected chi connectivity index (χ0v) is 17.1. The molecule has 28 heavy (non-hydrogen) atoms. The maximum Gasteiger partial charge on any atom is 0.272 e. The minimum absolute atomic E-state index is 0.0326. The number of amides is 1. The van der Waals surface area contributed by atoms with E-state index in [9.17, 15) is 4.79 Å². The standard InChI is InChI=1S/C19H30N8O/c1-4-26-16(10-12-20-26)17(28)25-13-7-11-19(14-25,24(2)3)18-21-22-23-27(18)15-8-5-6-9-15/h10,12,15H,4-9,11,13-14H2,1-3H3. The molecule has 0 N–H and O–H groups in total. The third-order valence-electron chi connectivity index (χ3n) is 6.43. The van der Waals surface area contributed by atoms with Crippen molar-refractivity contribution in [3.8, 4) is 0 Å². The molecule has 2 fully saturated rings. The first-order valence-electron chi connectivity index (χ1n) is 10.3. The first kappa shape index (κ1) is 19.0. The second kappa shape index (κ2) is 7.62. The summed E-state index contributed by atoms with van der Waals surface area (Å²) in [6.45, 7) is 4.01. The first-order valence-corrected chi connectivity index (χ1v) is 10.3. The van der Waals surface area contributed by atoms with Gasteiger partial charge in [0, 0.05) is 25.8 Å². The summed E-state index contributed by atoms with van der Waals surface area (Å²) in [6, 6.07) is 2.18. The minimum Gasteiger partial charge on any atom is -0.335 e. The van der Waals surface area contributed by atoms with E-state index in [1.165, 1.54) is 12.8 Å². The van der Waals surface area contributed by atoms with Gasteiger partial charge in [-0.2, -0.15) is 5.10 Å². The largest absolute Gasteiger partial charge is 0.335 e. The van der Waals surface area contributed by atoms with Crippen molar-refractivity contribution in [1.29, 1.82) is 0 Å². The van der Waals surface area contributed by atoms with Gasteiger partial charge in [-0.3, -0.25) is 14.4 Å². The summed E-state index contributed by atoms with van der Waals surface area (Å²) in [5.74, 6) is 0.927. The molecule has 1 unspecified atom stereocenters. The number of aromatic nitrogens is 6. The quantitative estimate of drug-likeness (QED) is 0.778. The van der Waals surface area contributed by atoms with Gasteiger partial charge < -0.3 is 4.90 Å². The molecular formula is C19H30N8O. The van der Waals surface area contributed by atoms with Crippen LogP contribution in [0.4, 0.5) is 0 Å². The molecule has 2 aliphatic rings. The maximum absolute atomic E-state index is 13.2. The van der Waals surface area contributed by atoms with Gasteiger partial charge in [0.2, 0.25) is 0 Å². The van der Waals surface area contributed by atoms with E-state index in [-0.39, 0.29) is 11.4 Å². The van der Waals surface area contributed by atoms with Crippen LogP contribution >= 0.6 is 0 Å². The van der Waals surface area contributed by atoms with E-state index < -0.39 is 0 Å². The highest BCUT2D eigenvalue weighted by Crippen LogP contribution is 2.38. The number of carbonyl (C=O) groups excluding carboxylic acids is 1. The lowest BCUT2D eigenvalue weighted by Gasteiger charge is -2.46. The fourth-order valence-electron chi connectivity index (χ4n) is 4.78. The Bertz CT molecular complexity index is 822. The molecule has 2 aromatic heterocycles. The van der Waals surface area contributed by atoms with Crippen LogP contribution in [0.1, 0.15) is 67.8 Å². The average Bonchev–Trinajstić information content (AvgIpc) is 3.47. The Kier molecular flexibility index (Phi) is 5.18. The number of likely N-dealkylation sites (N-methyl/N-ethyl adjacent to an activating group) is 1. The molecule has 3 heterocycles. The van der Waals surface area contributed by atoms with Crippen LogP contribution in [-0.4, -0.2) is 72.9 Å². The van der Waals surface area contributed by atoms with Crippen LogP contribution in [0.15, 0.2) is 12.3 Å². The van der Waals surface area contributed by atoms with Gasteiger partial charge in [0.15, 0.2) is 5.82 Å². The fourth-order valence-corrected chi connectivity index (χ4v) is 4.78. The number of hydrogen-bond acceptors (Lipinski definition) is 6. The van der Waals surface area contributed by atoms with Gasteiger partial charge in [0.25, 0.3) is 5.91 Å². The first-order chi connectivity index (χ1) is 13.6. The lowest BCUT2D eigenvalue weighted by atomic mass is 9.86. The van der Waals surface area contributed by atoms with Crippen molar-refractivity contribution in [2.24, 2.45) is 0 Å². The van der Waals surface area contributed by atoms with Gasteiger partial charge in [-0.15, -0.1) is 5.10 Å². The number of carbonyl (C=O) groups is 1. The molecule has 0 aromatic carbocycles. The maximum atomic E-state index is 13.2. The zero-order chi connectivity index (χ0) is 19.7. The normalized spacial score (nSPS) is 23.6. The molecule has 9 heteroatoms. The summed E-state index contributed by atoms with van der Waals surface area (Å²) in [4.78, 5) is 17.4. The van der Waals surface area contributed by atoms with Crippen molar-refractivity contribution >= 4 is 5.91 Å². The van der Waals surface area contributed by atoms with Crippen molar-refractivity contribution in [3.63, 3.8) is 0 Å². The second-order valence-corrected chi connectivity index (χ2v) is 8.17. The van der Waals surface area contributed by atoms with Crippen LogP contribution in [0.25, 0.3) is 0 Å². The van der Waals surface area contributed by atoms with E-state index in [1.807, 2.05) is 16.5 Å². The summed E-state index contributed by atoms with van der Waals surface area (Å²) in [5, 5.41) is 17.1. The Morgan fingerprint density at radius 1 is 1.29 bits per heavy atom. The molecule has 0 spiro atoms. The number of nitrogens with zero attached hydrogens (tertiary/aromatic N) is 8. The summed E-state index contributed by atoms with van der Waals surface area (Å²) in [6.07, 6.45) is 8.25. The summed E-state index contributed by atoms with van der Waals surface area (Å²) < 4.78 is 3.80. The lowest BCUT2D eigenvalue weighted by Crippen LogP contribution is -2.56. The van der Waals surface area contributed by atoms with Crippen molar-refractivity contribution in [3.05, 3.63) is 23.8 Å². The monoisotopic (exact) mass is 386 g/mol. The van der Waals surface area contributed by atoms with Crippen molar-refractivity contribution < 1.29 is 4.79 Å². The van der Waals surface area contributed by atoms with Crippen LogP contribution < -0.4 is 0 Å². The molecule has 1 saturated carbocycles. The van der Waals surface area contributed by atoms with E-state index >= 15 is 0 Å². The van der Waals surface area contributed by atoms with Gasteiger partial charge in [-0.25, -0.2) is 4.68 Å². The summed E-state index contributed by atoms with van der Waals surface area (Å²) in [7, 11) is 4.13. The molecule has 9 nitrogen and oxygen atoms in total. The van der Waals surface area contributed by atoms with Gasteiger partial charge in [-0.1, -0.05) is 12.8 Å². The molecule has 152 valence electrons. The SMILES string of the molecule is CCn1nccc1C(=O)N1CCCC(c2nnnn2C2CCCC2)(N(C)C)C1. The number of tetrazole rings is 1. The molecule has 1 aliphatic heterocycles. The summed E-state index contributed by atoms with van der Waals surface area (Å²) in [5.41, 5.74) is 0.268.